The van der Waals surface area contributed by atoms with Crippen LogP contribution >= 0.6 is 0 Å². The van der Waals surface area contributed by atoms with Crippen molar-refractivity contribution in [1.82, 2.24) is 0 Å². The van der Waals surface area contributed by atoms with E-state index in [0.717, 1.165) is 16.7 Å². The van der Waals surface area contributed by atoms with Crippen LogP contribution < -0.4 is 4.74 Å². The number of oxime groups is 1. The molecule has 0 spiro atoms. The largest absolute Gasteiger partial charge is 0.485 e. The highest BCUT2D eigenvalue weighted by atomic mass is 16.5. The molecule has 5 nitrogen and oxygen atoms in total. The van der Waals surface area contributed by atoms with Crippen LogP contribution in [0.4, 0.5) is 0 Å². The Morgan fingerprint density at radius 3 is 2.87 bits per heavy atom. The second kappa shape index (κ2) is 6.12. The Morgan fingerprint density at radius 1 is 1.30 bits per heavy atom. The molecule has 1 aliphatic heterocycles. The molecule has 5 heteroatoms. The van der Waals surface area contributed by atoms with E-state index in [9.17, 15) is 10.0 Å². The number of esters is 1. The lowest BCUT2D eigenvalue weighted by Crippen LogP contribution is -2.21. The predicted molar refractivity (Wildman–Crippen MR) is 85.3 cm³/mol. The normalized spacial score (nSPS) is 18.2. The number of hydrogen-bond acceptors (Lipinski definition) is 5. The number of rotatable bonds is 2. The van der Waals surface area contributed by atoms with Gasteiger partial charge in [0.15, 0.2) is 0 Å². The summed E-state index contributed by atoms with van der Waals surface area (Å²) in [6, 6.07) is 12.8. The number of benzene rings is 2. The van der Waals surface area contributed by atoms with E-state index in [4.69, 9.17) is 9.47 Å². The van der Waals surface area contributed by atoms with Crippen molar-refractivity contribution < 1.29 is 19.5 Å². The summed E-state index contributed by atoms with van der Waals surface area (Å²) in [5.41, 5.74) is 3.74. The van der Waals surface area contributed by atoms with Gasteiger partial charge in [-0.3, -0.25) is 0 Å². The number of aryl methyl sites for hydroxylation is 1. The molecule has 1 atom stereocenters. The average molecular weight is 311 g/mol. The van der Waals surface area contributed by atoms with Crippen LogP contribution in [-0.4, -0.2) is 24.0 Å². The van der Waals surface area contributed by atoms with Gasteiger partial charge in [0.1, 0.15) is 11.9 Å². The summed E-state index contributed by atoms with van der Waals surface area (Å²) in [4.78, 5) is 11.7. The third-order valence-electron chi connectivity index (χ3n) is 3.89. The monoisotopic (exact) mass is 311 g/mol. The van der Waals surface area contributed by atoms with Gasteiger partial charge in [0.2, 0.25) is 0 Å². The van der Waals surface area contributed by atoms with Crippen LogP contribution in [0.25, 0.3) is 0 Å². The molecule has 2 aromatic carbocycles. The zero-order valence-corrected chi connectivity index (χ0v) is 12.9. The number of fused-ring (bicyclic) bond motifs is 1. The minimum atomic E-state index is -0.394. The van der Waals surface area contributed by atoms with E-state index >= 15 is 0 Å². The molecule has 1 unspecified atom stereocenters. The topological polar surface area (TPSA) is 68.1 Å². The molecule has 1 N–H and O–H groups in total. The van der Waals surface area contributed by atoms with Crippen LogP contribution in [0.1, 0.15) is 39.6 Å². The number of nitrogens with zero attached hydrogens (tertiary/aromatic N) is 1. The lowest BCUT2D eigenvalue weighted by atomic mass is 9.94. The van der Waals surface area contributed by atoms with E-state index in [1.807, 2.05) is 31.2 Å². The Balaban J connectivity index is 1.97. The second-order valence-electron chi connectivity index (χ2n) is 5.47. The first-order valence-electron chi connectivity index (χ1n) is 7.29. The fraction of sp³-hybridized carbons (Fsp3) is 0.222. The summed E-state index contributed by atoms with van der Waals surface area (Å²) in [7, 11) is 1.35. The van der Waals surface area contributed by atoms with Gasteiger partial charge in [0, 0.05) is 12.0 Å². The molecule has 118 valence electrons. The number of methoxy groups -OCH3 is 1. The molecule has 0 aliphatic carbocycles. The van der Waals surface area contributed by atoms with E-state index < -0.39 is 5.97 Å². The standard InChI is InChI=1S/C18H17NO4/c1-11-6-7-16-14(8-11)15(19-21)10-17(23-16)12-4-3-5-13(9-12)18(20)22-2/h3-9,17,21H,10H2,1-2H3/b19-15+. The van der Waals surface area contributed by atoms with Crippen LogP contribution in [0.3, 0.4) is 0 Å². The third-order valence-corrected chi connectivity index (χ3v) is 3.89. The smallest absolute Gasteiger partial charge is 0.337 e. The summed E-state index contributed by atoms with van der Waals surface area (Å²) in [5.74, 6) is 0.276. The summed E-state index contributed by atoms with van der Waals surface area (Å²) in [5, 5.41) is 12.8. The van der Waals surface area contributed by atoms with Crippen molar-refractivity contribution in [3.63, 3.8) is 0 Å². The number of hydrogen-bond donors (Lipinski definition) is 1. The number of ether oxygens (including phenoxy) is 2. The fourth-order valence-corrected chi connectivity index (χ4v) is 2.72. The highest BCUT2D eigenvalue weighted by Crippen LogP contribution is 2.36. The van der Waals surface area contributed by atoms with Gasteiger partial charge in [0.25, 0.3) is 0 Å². The zero-order valence-electron chi connectivity index (χ0n) is 12.9. The summed E-state index contributed by atoms with van der Waals surface area (Å²) in [6.07, 6.45) is 0.109. The van der Waals surface area contributed by atoms with Crippen molar-refractivity contribution in [3.05, 3.63) is 64.7 Å². The Labute approximate surface area is 134 Å². The van der Waals surface area contributed by atoms with Crippen LogP contribution in [0.5, 0.6) is 5.75 Å². The molecule has 2 aromatic rings. The highest BCUT2D eigenvalue weighted by molar-refractivity contribution is 6.04. The van der Waals surface area contributed by atoms with Crippen molar-refractivity contribution in [1.29, 1.82) is 0 Å². The van der Waals surface area contributed by atoms with Gasteiger partial charge in [-0.15, -0.1) is 0 Å². The second-order valence-corrected chi connectivity index (χ2v) is 5.47. The van der Waals surface area contributed by atoms with Crippen LogP contribution in [0, 0.1) is 6.92 Å². The molecular formula is C18H17NO4. The molecule has 1 aliphatic rings. The van der Waals surface area contributed by atoms with Crippen molar-refractivity contribution in [2.24, 2.45) is 5.16 Å². The Hall–Kier alpha value is -2.82. The first-order chi connectivity index (χ1) is 11.1. The molecule has 0 saturated carbocycles. The zero-order chi connectivity index (χ0) is 16.4. The summed E-state index contributed by atoms with van der Waals surface area (Å²) >= 11 is 0. The quantitative estimate of drug-likeness (QED) is 0.524. The molecule has 0 radical (unpaired) electrons. The molecule has 1 heterocycles. The first kappa shape index (κ1) is 15.1. The number of carbonyl (C=O) groups is 1. The maximum Gasteiger partial charge on any atom is 0.337 e. The van der Waals surface area contributed by atoms with Crippen LogP contribution in [0.2, 0.25) is 0 Å². The van der Waals surface area contributed by atoms with Crippen molar-refractivity contribution in [2.45, 2.75) is 19.4 Å². The van der Waals surface area contributed by atoms with Crippen molar-refractivity contribution >= 4 is 11.7 Å². The molecule has 0 amide bonds. The molecule has 0 fully saturated rings. The van der Waals surface area contributed by atoms with Crippen LogP contribution in [0.15, 0.2) is 47.6 Å². The van der Waals surface area contributed by atoms with E-state index in [1.165, 1.54) is 7.11 Å². The summed E-state index contributed by atoms with van der Waals surface area (Å²) < 4.78 is 10.8. The Kier molecular flexibility index (Phi) is 4.02. The summed E-state index contributed by atoms with van der Waals surface area (Å²) in [6.45, 7) is 1.97. The maximum atomic E-state index is 11.7. The van der Waals surface area contributed by atoms with Gasteiger partial charge in [-0.2, -0.15) is 0 Å². The van der Waals surface area contributed by atoms with Gasteiger partial charge in [-0.1, -0.05) is 28.9 Å². The minimum Gasteiger partial charge on any atom is -0.485 e. The van der Waals surface area contributed by atoms with E-state index in [1.54, 1.807) is 18.2 Å². The fourth-order valence-electron chi connectivity index (χ4n) is 2.72. The molecule has 3 rings (SSSR count). The van der Waals surface area contributed by atoms with Crippen molar-refractivity contribution in [3.8, 4) is 5.75 Å². The predicted octanol–water partition coefficient (Wildman–Crippen LogP) is 3.48. The van der Waals surface area contributed by atoms with E-state index in [2.05, 4.69) is 5.16 Å². The van der Waals surface area contributed by atoms with Gasteiger partial charge in [-0.05, 0) is 36.8 Å². The van der Waals surface area contributed by atoms with E-state index in [-0.39, 0.29) is 6.10 Å². The lowest BCUT2D eigenvalue weighted by Gasteiger charge is -2.27. The molecule has 0 bridgehead atoms. The first-order valence-corrected chi connectivity index (χ1v) is 7.29. The van der Waals surface area contributed by atoms with Crippen molar-refractivity contribution in [2.75, 3.05) is 7.11 Å². The average Bonchev–Trinajstić information content (AvgIpc) is 2.60. The lowest BCUT2D eigenvalue weighted by molar-refractivity contribution is 0.0600. The maximum absolute atomic E-state index is 11.7. The molecular weight excluding hydrogens is 294 g/mol. The van der Waals surface area contributed by atoms with Crippen LogP contribution in [-0.2, 0) is 4.74 Å². The Morgan fingerprint density at radius 2 is 2.13 bits per heavy atom. The Bertz CT molecular complexity index is 782. The molecule has 23 heavy (non-hydrogen) atoms. The van der Waals surface area contributed by atoms with E-state index in [0.29, 0.717) is 23.4 Å². The highest BCUT2D eigenvalue weighted by Gasteiger charge is 2.27. The number of carbonyl (C=O) groups excluding carboxylic acids is 1. The molecule has 0 saturated heterocycles. The minimum absolute atomic E-state index is 0.319. The molecule has 0 aromatic heterocycles. The van der Waals surface area contributed by atoms with Gasteiger partial charge in [0.05, 0.1) is 18.4 Å². The van der Waals surface area contributed by atoms with Gasteiger partial charge < -0.3 is 14.7 Å². The third kappa shape index (κ3) is 2.90. The SMILES string of the molecule is COC(=O)c1cccc(C2C/C(=N\O)c3cc(C)ccc3O2)c1. The van der Waals surface area contributed by atoms with Gasteiger partial charge >= 0.3 is 5.97 Å². The van der Waals surface area contributed by atoms with Gasteiger partial charge in [-0.25, -0.2) is 4.79 Å².